The SMILES string of the molecule is C=C(CC(=O)c1ccccc1)Cc1ccccc1O. The topological polar surface area (TPSA) is 37.3 Å². The van der Waals surface area contributed by atoms with E-state index in [1.54, 1.807) is 24.3 Å². The van der Waals surface area contributed by atoms with Crippen LogP contribution in [0.2, 0.25) is 0 Å². The van der Waals surface area contributed by atoms with Crippen LogP contribution in [0.5, 0.6) is 5.75 Å². The molecule has 2 heteroatoms. The Morgan fingerprint density at radius 3 is 2.32 bits per heavy atom. The van der Waals surface area contributed by atoms with E-state index in [4.69, 9.17) is 0 Å². The first-order valence-electron chi connectivity index (χ1n) is 6.18. The number of Topliss-reactive ketones (excluding diaryl/α,β-unsaturated/α-hetero) is 1. The monoisotopic (exact) mass is 252 g/mol. The zero-order chi connectivity index (χ0) is 13.7. The molecule has 1 N–H and O–H groups in total. The molecule has 0 saturated carbocycles. The van der Waals surface area contributed by atoms with Gasteiger partial charge in [0.05, 0.1) is 0 Å². The lowest BCUT2D eigenvalue weighted by molar-refractivity contribution is 0.0992. The fourth-order valence-corrected chi connectivity index (χ4v) is 1.95. The lowest BCUT2D eigenvalue weighted by atomic mass is 9.98. The highest BCUT2D eigenvalue weighted by Gasteiger charge is 2.09. The van der Waals surface area contributed by atoms with Gasteiger partial charge in [0.15, 0.2) is 5.78 Å². The largest absolute Gasteiger partial charge is 0.508 e. The van der Waals surface area contributed by atoms with Gasteiger partial charge in [-0.15, -0.1) is 0 Å². The van der Waals surface area contributed by atoms with Crippen molar-refractivity contribution < 1.29 is 9.90 Å². The van der Waals surface area contributed by atoms with Gasteiger partial charge in [-0.25, -0.2) is 0 Å². The number of phenolic OH excluding ortho intramolecular Hbond substituents is 1. The predicted octanol–water partition coefficient (Wildman–Crippen LogP) is 3.76. The molecular weight excluding hydrogens is 236 g/mol. The summed E-state index contributed by atoms with van der Waals surface area (Å²) in [6.07, 6.45) is 0.823. The van der Waals surface area contributed by atoms with E-state index in [1.807, 2.05) is 30.3 Å². The third-order valence-electron chi connectivity index (χ3n) is 2.94. The van der Waals surface area contributed by atoms with Crippen molar-refractivity contribution in [2.45, 2.75) is 12.8 Å². The van der Waals surface area contributed by atoms with Gasteiger partial charge in [0.1, 0.15) is 5.75 Å². The summed E-state index contributed by atoms with van der Waals surface area (Å²) in [7, 11) is 0. The average molecular weight is 252 g/mol. The first kappa shape index (κ1) is 13.1. The second-order valence-corrected chi connectivity index (χ2v) is 4.52. The van der Waals surface area contributed by atoms with Gasteiger partial charge in [-0.2, -0.15) is 0 Å². The summed E-state index contributed by atoms with van der Waals surface area (Å²) >= 11 is 0. The molecule has 2 rings (SSSR count). The molecule has 0 radical (unpaired) electrons. The number of benzene rings is 2. The fraction of sp³-hybridized carbons (Fsp3) is 0.118. The first-order chi connectivity index (χ1) is 9.16. The number of phenols is 1. The van der Waals surface area contributed by atoms with Gasteiger partial charge in [0.25, 0.3) is 0 Å². The Bertz CT molecular complexity index is 585. The van der Waals surface area contributed by atoms with Crippen LogP contribution in [0.3, 0.4) is 0 Å². The Hall–Kier alpha value is -2.35. The first-order valence-corrected chi connectivity index (χ1v) is 6.18. The minimum Gasteiger partial charge on any atom is -0.508 e. The average Bonchev–Trinajstić information content (AvgIpc) is 2.42. The van der Waals surface area contributed by atoms with Gasteiger partial charge < -0.3 is 5.11 Å². The van der Waals surface area contributed by atoms with Crippen LogP contribution in [0.1, 0.15) is 22.3 Å². The molecular formula is C17H16O2. The molecule has 0 aliphatic rings. The van der Waals surface area contributed by atoms with Crippen LogP contribution in [0.4, 0.5) is 0 Å². The molecule has 19 heavy (non-hydrogen) atoms. The summed E-state index contributed by atoms with van der Waals surface area (Å²) in [6, 6.07) is 16.3. The highest BCUT2D eigenvalue weighted by molar-refractivity contribution is 5.97. The van der Waals surface area contributed by atoms with Crippen molar-refractivity contribution >= 4 is 5.78 Å². The lowest BCUT2D eigenvalue weighted by Crippen LogP contribution is -2.02. The molecule has 2 nitrogen and oxygen atoms in total. The van der Waals surface area contributed by atoms with E-state index in [2.05, 4.69) is 6.58 Å². The summed E-state index contributed by atoms with van der Waals surface area (Å²) in [5, 5.41) is 9.68. The maximum atomic E-state index is 12.0. The molecule has 0 atom stereocenters. The van der Waals surface area contributed by atoms with Crippen molar-refractivity contribution in [3.05, 3.63) is 77.9 Å². The highest BCUT2D eigenvalue weighted by atomic mass is 16.3. The Morgan fingerprint density at radius 1 is 1.00 bits per heavy atom. The van der Waals surface area contributed by atoms with E-state index in [0.29, 0.717) is 18.4 Å². The number of hydrogen-bond donors (Lipinski definition) is 1. The van der Waals surface area contributed by atoms with E-state index in [9.17, 15) is 9.90 Å². The number of allylic oxidation sites excluding steroid dienone is 1. The summed E-state index contributed by atoms with van der Waals surface area (Å²) in [5.41, 5.74) is 2.30. The van der Waals surface area contributed by atoms with Crippen molar-refractivity contribution in [2.24, 2.45) is 0 Å². The highest BCUT2D eigenvalue weighted by Crippen LogP contribution is 2.20. The van der Waals surface area contributed by atoms with Gasteiger partial charge in [-0.05, 0) is 18.1 Å². The minimum atomic E-state index is 0.0565. The molecule has 0 bridgehead atoms. The molecule has 0 aromatic heterocycles. The van der Waals surface area contributed by atoms with E-state index in [0.717, 1.165) is 11.1 Å². The van der Waals surface area contributed by atoms with Crippen molar-refractivity contribution in [1.29, 1.82) is 0 Å². The number of ketones is 1. The second kappa shape index (κ2) is 6.01. The van der Waals surface area contributed by atoms with Crippen LogP contribution in [0.25, 0.3) is 0 Å². The molecule has 0 spiro atoms. The second-order valence-electron chi connectivity index (χ2n) is 4.52. The van der Waals surface area contributed by atoms with E-state index in [-0.39, 0.29) is 11.5 Å². The van der Waals surface area contributed by atoms with Crippen molar-refractivity contribution in [3.8, 4) is 5.75 Å². The Labute approximate surface area is 113 Å². The Kier molecular flexibility index (Phi) is 4.14. The summed E-state index contributed by atoms with van der Waals surface area (Å²) in [5.74, 6) is 0.303. The van der Waals surface area contributed by atoms with Gasteiger partial charge in [-0.1, -0.05) is 60.7 Å². The molecule has 0 unspecified atom stereocenters. The molecule has 0 saturated heterocycles. The summed E-state index contributed by atoms with van der Waals surface area (Å²) < 4.78 is 0. The smallest absolute Gasteiger partial charge is 0.166 e. The molecule has 0 aliphatic carbocycles. The quantitative estimate of drug-likeness (QED) is 0.649. The maximum Gasteiger partial charge on any atom is 0.166 e. The molecule has 0 fully saturated rings. The Morgan fingerprint density at radius 2 is 1.63 bits per heavy atom. The van der Waals surface area contributed by atoms with E-state index >= 15 is 0 Å². The zero-order valence-corrected chi connectivity index (χ0v) is 10.7. The number of carbonyl (C=O) groups is 1. The fourth-order valence-electron chi connectivity index (χ4n) is 1.95. The zero-order valence-electron chi connectivity index (χ0n) is 10.7. The molecule has 0 amide bonds. The van der Waals surface area contributed by atoms with E-state index < -0.39 is 0 Å². The minimum absolute atomic E-state index is 0.0565. The molecule has 0 heterocycles. The van der Waals surface area contributed by atoms with Gasteiger partial charge >= 0.3 is 0 Å². The van der Waals surface area contributed by atoms with Crippen LogP contribution < -0.4 is 0 Å². The van der Waals surface area contributed by atoms with Crippen molar-refractivity contribution in [1.82, 2.24) is 0 Å². The van der Waals surface area contributed by atoms with Crippen LogP contribution in [0.15, 0.2) is 66.7 Å². The molecule has 2 aromatic rings. The third kappa shape index (κ3) is 3.55. The number of rotatable bonds is 5. The van der Waals surface area contributed by atoms with E-state index in [1.165, 1.54) is 0 Å². The van der Waals surface area contributed by atoms with Crippen LogP contribution >= 0.6 is 0 Å². The Balaban J connectivity index is 1.99. The van der Waals surface area contributed by atoms with Crippen LogP contribution in [-0.2, 0) is 6.42 Å². The predicted molar refractivity (Wildman–Crippen MR) is 76.3 cm³/mol. The number of carbonyl (C=O) groups excluding carboxylic acids is 1. The molecule has 0 aliphatic heterocycles. The van der Waals surface area contributed by atoms with Crippen LogP contribution in [0, 0.1) is 0 Å². The third-order valence-corrected chi connectivity index (χ3v) is 2.94. The summed E-state index contributed by atoms with van der Waals surface area (Å²) in [4.78, 5) is 12.0. The maximum absolute atomic E-state index is 12.0. The number of hydrogen-bond acceptors (Lipinski definition) is 2. The summed E-state index contributed by atoms with van der Waals surface area (Å²) in [6.45, 7) is 3.92. The lowest BCUT2D eigenvalue weighted by Gasteiger charge is -2.07. The number of aromatic hydroxyl groups is 1. The molecule has 96 valence electrons. The van der Waals surface area contributed by atoms with Crippen molar-refractivity contribution in [2.75, 3.05) is 0 Å². The van der Waals surface area contributed by atoms with Crippen molar-refractivity contribution in [3.63, 3.8) is 0 Å². The van der Waals surface area contributed by atoms with Gasteiger partial charge in [-0.3, -0.25) is 4.79 Å². The van der Waals surface area contributed by atoms with Gasteiger partial charge in [0.2, 0.25) is 0 Å². The van der Waals surface area contributed by atoms with Gasteiger partial charge in [0, 0.05) is 12.0 Å². The standard InChI is InChI=1S/C17H16O2/c1-13(11-15-9-5-6-10-16(15)18)12-17(19)14-7-3-2-4-8-14/h2-10,18H,1,11-12H2. The molecule has 2 aromatic carbocycles. The number of para-hydroxylation sites is 1. The van der Waals surface area contributed by atoms with Crippen LogP contribution in [-0.4, -0.2) is 10.9 Å². The normalized spacial score (nSPS) is 10.1.